The average molecular weight is 275 g/mol. The first kappa shape index (κ1) is 16.6. The van der Waals surface area contributed by atoms with Gasteiger partial charge < -0.3 is 15.2 Å². The molecule has 1 aromatic rings. The molecule has 0 aliphatic heterocycles. The summed E-state index contributed by atoms with van der Waals surface area (Å²) in [6.07, 6.45) is 4.87. The van der Waals surface area contributed by atoms with E-state index >= 15 is 0 Å². The maximum absolute atomic E-state index is 5.72. The summed E-state index contributed by atoms with van der Waals surface area (Å²) in [5, 5.41) is 0. The molecular weight excluding hydrogens is 250 g/mol. The fourth-order valence-electron chi connectivity index (χ4n) is 1.94. The first-order chi connectivity index (χ1) is 9.81. The average Bonchev–Trinajstić information content (AvgIpc) is 2.48. The molecule has 3 heteroatoms. The van der Waals surface area contributed by atoms with Crippen LogP contribution in [0.4, 0.5) is 0 Å². The molecule has 1 rings (SSSR count). The van der Waals surface area contributed by atoms with E-state index in [1.54, 1.807) is 7.11 Å². The van der Waals surface area contributed by atoms with Gasteiger partial charge in [0.05, 0.1) is 20.3 Å². The molecule has 0 unspecified atom stereocenters. The summed E-state index contributed by atoms with van der Waals surface area (Å²) in [5.41, 5.74) is 7.36. The highest BCUT2D eigenvalue weighted by Gasteiger charge is 2.04. The van der Waals surface area contributed by atoms with Gasteiger partial charge in [0.2, 0.25) is 0 Å². The number of benzene rings is 1. The zero-order chi connectivity index (χ0) is 14.6. The SMILES string of the molecule is CCCCCCOCc1cc(C#CCN)ccc1OC. The van der Waals surface area contributed by atoms with E-state index in [0.29, 0.717) is 13.2 Å². The summed E-state index contributed by atoms with van der Waals surface area (Å²) < 4.78 is 11.1. The maximum Gasteiger partial charge on any atom is 0.124 e. The number of unbranched alkanes of at least 4 members (excludes halogenated alkanes) is 3. The van der Waals surface area contributed by atoms with Gasteiger partial charge in [-0.15, -0.1) is 0 Å². The standard InChI is InChI=1S/C17H25NO2/c1-3-4-5-6-12-20-14-16-13-15(8-7-11-18)9-10-17(16)19-2/h9-10,13H,3-6,11-12,14,18H2,1-2H3. The van der Waals surface area contributed by atoms with E-state index < -0.39 is 0 Å². The lowest BCUT2D eigenvalue weighted by Crippen LogP contribution is -1.99. The molecule has 0 aromatic heterocycles. The van der Waals surface area contributed by atoms with Crippen molar-refractivity contribution < 1.29 is 9.47 Å². The zero-order valence-corrected chi connectivity index (χ0v) is 12.6. The van der Waals surface area contributed by atoms with Crippen molar-refractivity contribution >= 4 is 0 Å². The Hall–Kier alpha value is -1.50. The third-order valence-electron chi connectivity index (χ3n) is 3.01. The first-order valence-electron chi connectivity index (χ1n) is 7.25. The second-order valence-electron chi connectivity index (χ2n) is 4.65. The van der Waals surface area contributed by atoms with Crippen molar-refractivity contribution in [2.24, 2.45) is 5.73 Å². The van der Waals surface area contributed by atoms with Gasteiger partial charge in [-0.3, -0.25) is 0 Å². The Morgan fingerprint density at radius 1 is 1.20 bits per heavy atom. The summed E-state index contributed by atoms with van der Waals surface area (Å²) in [6, 6.07) is 5.87. The molecule has 0 heterocycles. The van der Waals surface area contributed by atoms with Crippen molar-refractivity contribution in [2.75, 3.05) is 20.3 Å². The van der Waals surface area contributed by atoms with E-state index in [1.165, 1.54) is 19.3 Å². The summed E-state index contributed by atoms with van der Waals surface area (Å²) in [6.45, 7) is 3.93. The molecule has 0 atom stereocenters. The van der Waals surface area contributed by atoms with Crippen LogP contribution in [0.3, 0.4) is 0 Å². The topological polar surface area (TPSA) is 44.5 Å². The molecule has 0 spiro atoms. The van der Waals surface area contributed by atoms with Crippen LogP contribution in [0.15, 0.2) is 18.2 Å². The van der Waals surface area contributed by atoms with Gasteiger partial charge in [0.25, 0.3) is 0 Å². The van der Waals surface area contributed by atoms with Crippen LogP contribution < -0.4 is 10.5 Å². The predicted octanol–water partition coefficient (Wildman–Crippen LogP) is 3.10. The largest absolute Gasteiger partial charge is 0.496 e. The Balaban J connectivity index is 2.53. The Bertz CT molecular complexity index is 446. The number of hydrogen-bond donors (Lipinski definition) is 1. The highest BCUT2D eigenvalue weighted by atomic mass is 16.5. The molecule has 20 heavy (non-hydrogen) atoms. The van der Waals surface area contributed by atoms with Crippen LogP contribution in [-0.2, 0) is 11.3 Å². The fourth-order valence-corrected chi connectivity index (χ4v) is 1.94. The Labute approximate surface area is 122 Å². The molecule has 110 valence electrons. The Morgan fingerprint density at radius 3 is 2.75 bits per heavy atom. The fraction of sp³-hybridized carbons (Fsp3) is 0.529. The van der Waals surface area contributed by atoms with Gasteiger partial charge in [0.1, 0.15) is 5.75 Å². The van der Waals surface area contributed by atoms with Crippen molar-refractivity contribution in [3.8, 4) is 17.6 Å². The molecule has 0 aliphatic rings. The number of rotatable bonds is 8. The van der Waals surface area contributed by atoms with E-state index in [9.17, 15) is 0 Å². The second-order valence-corrected chi connectivity index (χ2v) is 4.65. The van der Waals surface area contributed by atoms with Gasteiger partial charge in [0, 0.05) is 17.7 Å². The van der Waals surface area contributed by atoms with Crippen molar-refractivity contribution in [1.82, 2.24) is 0 Å². The minimum Gasteiger partial charge on any atom is -0.496 e. The van der Waals surface area contributed by atoms with Gasteiger partial charge in [-0.2, -0.15) is 0 Å². The molecule has 1 aromatic carbocycles. The Kier molecular flexibility index (Phi) is 8.53. The zero-order valence-electron chi connectivity index (χ0n) is 12.6. The van der Waals surface area contributed by atoms with Crippen LogP contribution in [0.5, 0.6) is 5.75 Å². The van der Waals surface area contributed by atoms with Crippen LogP contribution in [-0.4, -0.2) is 20.3 Å². The van der Waals surface area contributed by atoms with Crippen molar-refractivity contribution in [3.63, 3.8) is 0 Å². The highest BCUT2D eigenvalue weighted by Crippen LogP contribution is 2.20. The number of nitrogens with two attached hydrogens (primary N) is 1. The number of ether oxygens (including phenoxy) is 2. The molecule has 0 bridgehead atoms. The van der Waals surface area contributed by atoms with Crippen molar-refractivity contribution in [1.29, 1.82) is 0 Å². The van der Waals surface area contributed by atoms with Crippen molar-refractivity contribution in [3.05, 3.63) is 29.3 Å². The normalized spacial score (nSPS) is 9.95. The molecule has 0 saturated heterocycles. The molecule has 0 fully saturated rings. The van der Waals surface area contributed by atoms with Gasteiger partial charge in [0.15, 0.2) is 0 Å². The van der Waals surface area contributed by atoms with Crippen LogP contribution in [0.2, 0.25) is 0 Å². The monoisotopic (exact) mass is 275 g/mol. The van der Waals surface area contributed by atoms with Gasteiger partial charge in [-0.1, -0.05) is 38.0 Å². The van der Waals surface area contributed by atoms with Crippen LogP contribution in [0.1, 0.15) is 43.7 Å². The van der Waals surface area contributed by atoms with Crippen LogP contribution >= 0.6 is 0 Å². The quantitative estimate of drug-likeness (QED) is 0.585. The second kappa shape index (κ2) is 10.3. The highest BCUT2D eigenvalue weighted by molar-refractivity contribution is 5.44. The summed E-state index contributed by atoms with van der Waals surface area (Å²) in [5.74, 6) is 6.73. The molecular formula is C17H25NO2. The maximum atomic E-state index is 5.72. The lowest BCUT2D eigenvalue weighted by atomic mass is 10.1. The molecule has 0 amide bonds. The Morgan fingerprint density at radius 2 is 2.05 bits per heavy atom. The predicted molar refractivity (Wildman–Crippen MR) is 82.7 cm³/mol. The third-order valence-corrected chi connectivity index (χ3v) is 3.01. The minimum atomic E-state index is 0.370. The third kappa shape index (κ3) is 6.10. The van der Waals surface area contributed by atoms with E-state index in [0.717, 1.165) is 29.9 Å². The van der Waals surface area contributed by atoms with E-state index in [-0.39, 0.29) is 0 Å². The first-order valence-corrected chi connectivity index (χ1v) is 7.25. The van der Waals surface area contributed by atoms with Crippen molar-refractivity contribution in [2.45, 2.75) is 39.2 Å². The lowest BCUT2D eigenvalue weighted by Gasteiger charge is -2.10. The summed E-state index contributed by atoms with van der Waals surface area (Å²) in [7, 11) is 1.67. The molecule has 0 aliphatic carbocycles. The van der Waals surface area contributed by atoms with E-state index in [1.807, 2.05) is 18.2 Å². The van der Waals surface area contributed by atoms with Gasteiger partial charge in [-0.05, 0) is 24.6 Å². The molecule has 3 nitrogen and oxygen atoms in total. The van der Waals surface area contributed by atoms with E-state index in [2.05, 4.69) is 18.8 Å². The molecule has 0 radical (unpaired) electrons. The number of methoxy groups -OCH3 is 1. The van der Waals surface area contributed by atoms with E-state index in [4.69, 9.17) is 15.2 Å². The number of hydrogen-bond acceptors (Lipinski definition) is 3. The van der Waals surface area contributed by atoms with Gasteiger partial charge >= 0.3 is 0 Å². The summed E-state index contributed by atoms with van der Waals surface area (Å²) >= 11 is 0. The molecule has 0 saturated carbocycles. The summed E-state index contributed by atoms with van der Waals surface area (Å²) in [4.78, 5) is 0. The van der Waals surface area contributed by atoms with Crippen LogP contribution in [0.25, 0.3) is 0 Å². The molecule has 2 N–H and O–H groups in total. The van der Waals surface area contributed by atoms with Gasteiger partial charge in [-0.25, -0.2) is 0 Å². The lowest BCUT2D eigenvalue weighted by molar-refractivity contribution is 0.115. The minimum absolute atomic E-state index is 0.370. The smallest absolute Gasteiger partial charge is 0.124 e. The van der Waals surface area contributed by atoms with Crippen LogP contribution in [0, 0.1) is 11.8 Å².